The minimum absolute atomic E-state index is 0.0535. The van der Waals surface area contributed by atoms with Gasteiger partial charge in [-0.25, -0.2) is 4.39 Å². The van der Waals surface area contributed by atoms with Crippen molar-refractivity contribution in [1.29, 1.82) is 0 Å². The van der Waals surface area contributed by atoms with Gasteiger partial charge in [0.05, 0.1) is 25.8 Å². The molecule has 0 radical (unpaired) electrons. The van der Waals surface area contributed by atoms with Crippen LogP contribution in [0.2, 0.25) is 5.02 Å². The molecular formula is C20H18ClF2N3O3. The number of benzene rings is 2. The molecular weight excluding hydrogens is 404 g/mol. The van der Waals surface area contributed by atoms with Crippen LogP contribution in [0.1, 0.15) is 11.1 Å². The molecule has 0 bridgehead atoms. The molecule has 29 heavy (non-hydrogen) atoms. The van der Waals surface area contributed by atoms with Crippen LogP contribution < -0.4 is 20.3 Å². The first-order valence-electron chi connectivity index (χ1n) is 8.53. The number of methoxy groups -OCH3 is 2. The number of hydrogen-bond acceptors (Lipinski definition) is 5. The number of hydrogen-bond donors (Lipinski definition) is 1. The van der Waals surface area contributed by atoms with Gasteiger partial charge in [0.2, 0.25) is 11.8 Å². The van der Waals surface area contributed by atoms with Gasteiger partial charge in [-0.2, -0.15) is 9.37 Å². The van der Waals surface area contributed by atoms with Gasteiger partial charge in [-0.15, -0.1) is 0 Å². The lowest BCUT2D eigenvalue weighted by molar-refractivity contribution is 0.355. The molecule has 9 heteroatoms. The number of anilines is 2. The van der Waals surface area contributed by atoms with E-state index in [1.165, 1.54) is 37.0 Å². The summed E-state index contributed by atoms with van der Waals surface area (Å²) >= 11 is 5.82. The molecule has 1 N–H and O–H groups in total. The van der Waals surface area contributed by atoms with Crippen molar-refractivity contribution >= 4 is 23.2 Å². The number of aryl methyl sites for hydroxylation is 1. The first kappa shape index (κ1) is 20.6. The lowest BCUT2D eigenvalue weighted by atomic mass is 10.1. The summed E-state index contributed by atoms with van der Waals surface area (Å²) < 4.78 is 39.3. The van der Waals surface area contributed by atoms with Gasteiger partial charge >= 0.3 is 5.56 Å². The third kappa shape index (κ3) is 4.48. The van der Waals surface area contributed by atoms with Gasteiger partial charge in [0.15, 0.2) is 11.5 Å². The number of nitrogens with one attached hydrogen (secondary N) is 1. The molecule has 1 aromatic heterocycles. The largest absolute Gasteiger partial charge is 0.493 e. The highest BCUT2D eigenvalue weighted by Gasteiger charge is 2.14. The number of halogens is 3. The Morgan fingerprint density at radius 1 is 1.10 bits per heavy atom. The highest BCUT2D eigenvalue weighted by atomic mass is 35.5. The maximum absolute atomic E-state index is 13.9. The predicted octanol–water partition coefficient (Wildman–Crippen LogP) is 4.29. The van der Waals surface area contributed by atoms with Gasteiger partial charge in [0.25, 0.3) is 0 Å². The molecule has 0 aliphatic carbocycles. The summed E-state index contributed by atoms with van der Waals surface area (Å²) in [5, 5.41) is 2.97. The summed E-state index contributed by atoms with van der Waals surface area (Å²) in [6, 6.07) is 7.60. The zero-order valence-electron chi connectivity index (χ0n) is 15.9. The Bertz CT molecular complexity index is 1120. The van der Waals surface area contributed by atoms with Crippen LogP contribution in [0.4, 0.5) is 20.4 Å². The quantitative estimate of drug-likeness (QED) is 0.643. The Morgan fingerprint density at radius 2 is 1.79 bits per heavy atom. The maximum atomic E-state index is 13.9. The normalized spacial score (nSPS) is 10.7. The second kappa shape index (κ2) is 8.48. The molecule has 0 saturated heterocycles. The molecule has 6 nitrogen and oxygen atoms in total. The fraction of sp³-hybridized carbons (Fsp3) is 0.200. The Labute approximate surface area is 170 Å². The third-order valence-corrected chi connectivity index (χ3v) is 4.56. The lowest BCUT2D eigenvalue weighted by Crippen LogP contribution is -2.20. The average molecular weight is 422 g/mol. The maximum Gasteiger partial charge on any atom is 0.310 e. The molecule has 152 valence electrons. The zero-order valence-corrected chi connectivity index (χ0v) is 16.7. The second-order valence-electron chi connectivity index (χ2n) is 6.24. The molecule has 3 rings (SSSR count). The molecule has 0 atom stereocenters. The summed E-state index contributed by atoms with van der Waals surface area (Å²) in [6.07, 6.45) is 1.03. The van der Waals surface area contributed by atoms with Gasteiger partial charge in [0.1, 0.15) is 5.82 Å². The van der Waals surface area contributed by atoms with Gasteiger partial charge in [-0.05, 0) is 36.2 Å². The number of aromatic nitrogens is 2. The van der Waals surface area contributed by atoms with E-state index in [2.05, 4.69) is 10.3 Å². The Balaban J connectivity index is 2.02. The molecule has 1 heterocycles. The average Bonchev–Trinajstić information content (AvgIpc) is 2.69. The van der Waals surface area contributed by atoms with E-state index < -0.39 is 17.2 Å². The van der Waals surface area contributed by atoms with Crippen LogP contribution in [-0.2, 0) is 6.54 Å². The summed E-state index contributed by atoms with van der Waals surface area (Å²) in [4.78, 5) is 15.6. The second-order valence-corrected chi connectivity index (χ2v) is 6.65. The molecule has 3 aromatic rings. The van der Waals surface area contributed by atoms with E-state index in [1.807, 2.05) is 6.92 Å². The molecule has 0 unspecified atom stereocenters. The van der Waals surface area contributed by atoms with Crippen LogP contribution in [0.5, 0.6) is 11.5 Å². The SMILES string of the molecule is COc1cc(C)c(Nc2nc(=O)c(F)cn2Cc2ccc(F)c(Cl)c2)cc1OC. The van der Waals surface area contributed by atoms with Crippen molar-refractivity contribution in [3.63, 3.8) is 0 Å². The monoisotopic (exact) mass is 421 g/mol. The van der Waals surface area contributed by atoms with E-state index in [4.69, 9.17) is 21.1 Å². The number of nitrogens with zero attached hydrogens (tertiary/aromatic N) is 2. The number of rotatable bonds is 6. The summed E-state index contributed by atoms with van der Waals surface area (Å²) in [5.41, 5.74) is 0.983. The van der Waals surface area contributed by atoms with E-state index in [-0.39, 0.29) is 17.5 Å². The van der Waals surface area contributed by atoms with Gasteiger partial charge in [0, 0.05) is 18.0 Å². The number of ether oxygens (including phenoxy) is 2. The summed E-state index contributed by atoms with van der Waals surface area (Å²) in [5.74, 6) is -0.443. The van der Waals surface area contributed by atoms with Crippen molar-refractivity contribution < 1.29 is 18.3 Å². The molecule has 0 spiro atoms. The molecule has 0 aliphatic heterocycles. The molecule has 0 saturated carbocycles. The summed E-state index contributed by atoms with van der Waals surface area (Å²) in [7, 11) is 3.03. The Hall–Kier alpha value is -3.13. The van der Waals surface area contributed by atoms with E-state index in [9.17, 15) is 13.6 Å². The van der Waals surface area contributed by atoms with Crippen LogP contribution >= 0.6 is 11.6 Å². The third-order valence-electron chi connectivity index (χ3n) is 4.27. The van der Waals surface area contributed by atoms with Crippen LogP contribution in [0.25, 0.3) is 0 Å². The van der Waals surface area contributed by atoms with Crippen LogP contribution in [0.3, 0.4) is 0 Å². The minimum Gasteiger partial charge on any atom is -0.493 e. The van der Waals surface area contributed by atoms with Gasteiger partial charge in [-0.1, -0.05) is 17.7 Å². The fourth-order valence-electron chi connectivity index (χ4n) is 2.76. The van der Waals surface area contributed by atoms with Crippen molar-refractivity contribution in [3.8, 4) is 11.5 Å². The zero-order chi connectivity index (χ0) is 21.1. The van der Waals surface area contributed by atoms with Gasteiger partial charge in [-0.3, -0.25) is 4.79 Å². The topological polar surface area (TPSA) is 65.4 Å². The van der Waals surface area contributed by atoms with E-state index >= 15 is 0 Å². The van der Waals surface area contributed by atoms with E-state index in [0.29, 0.717) is 22.7 Å². The minimum atomic E-state index is -1.01. The van der Waals surface area contributed by atoms with E-state index in [1.54, 1.807) is 12.1 Å². The lowest BCUT2D eigenvalue weighted by Gasteiger charge is -2.17. The fourth-order valence-corrected chi connectivity index (χ4v) is 2.96. The van der Waals surface area contributed by atoms with Gasteiger partial charge < -0.3 is 19.4 Å². The van der Waals surface area contributed by atoms with Crippen LogP contribution in [-0.4, -0.2) is 23.8 Å². The summed E-state index contributed by atoms with van der Waals surface area (Å²) in [6.45, 7) is 1.94. The molecule has 0 aliphatic rings. The van der Waals surface area contributed by atoms with Crippen molar-refractivity contribution in [2.24, 2.45) is 0 Å². The van der Waals surface area contributed by atoms with Crippen molar-refractivity contribution in [2.45, 2.75) is 13.5 Å². The van der Waals surface area contributed by atoms with Crippen LogP contribution in [0.15, 0.2) is 41.3 Å². The van der Waals surface area contributed by atoms with Crippen LogP contribution in [0, 0.1) is 18.6 Å². The Morgan fingerprint density at radius 3 is 2.45 bits per heavy atom. The van der Waals surface area contributed by atoms with Crippen molar-refractivity contribution in [1.82, 2.24) is 9.55 Å². The highest BCUT2D eigenvalue weighted by molar-refractivity contribution is 6.30. The van der Waals surface area contributed by atoms with E-state index in [0.717, 1.165) is 11.8 Å². The molecule has 0 amide bonds. The smallest absolute Gasteiger partial charge is 0.310 e. The van der Waals surface area contributed by atoms with Crippen molar-refractivity contribution in [3.05, 3.63) is 74.7 Å². The first-order valence-corrected chi connectivity index (χ1v) is 8.90. The molecule has 0 fully saturated rings. The Kier molecular flexibility index (Phi) is 6.03. The standard InChI is InChI=1S/C20H18ClF2N3O3/c1-11-6-17(28-2)18(29-3)8-16(11)24-20-25-19(27)15(23)10-26(20)9-12-4-5-14(22)13(21)7-12/h4-8,10H,9H2,1-3H3,(H,24,25,27). The molecule has 2 aromatic carbocycles. The predicted molar refractivity (Wildman–Crippen MR) is 107 cm³/mol. The van der Waals surface area contributed by atoms with Crippen molar-refractivity contribution in [2.75, 3.05) is 19.5 Å². The highest BCUT2D eigenvalue weighted by Crippen LogP contribution is 2.34. The first-order chi connectivity index (χ1) is 13.8.